The standard InChI is InChI=1S/C15H18N2O5/c1-15(2,3)9-6-10(17-22-9)16-13(18)11-7-4-5-8(21-7)12(11)14(19)20/h4-8,11-12H,1-3H3,(H,19,20)(H,16,17,18)/t7-,8+,11-,12+/m1/s1. The molecular weight excluding hydrogens is 288 g/mol. The van der Waals surface area contributed by atoms with Gasteiger partial charge in [0.15, 0.2) is 5.82 Å². The molecule has 1 aromatic heterocycles. The summed E-state index contributed by atoms with van der Waals surface area (Å²) in [5.74, 6) is -2.16. The molecule has 1 amide bonds. The number of aromatic nitrogens is 1. The third-order valence-electron chi connectivity index (χ3n) is 3.99. The predicted octanol–water partition coefficient (Wildman–Crippen LogP) is 1.56. The van der Waals surface area contributed by atoms with Crippen LogP contribution in [0.15, 0.2) is 22.7 Å². The first-order valence-electron chi connectivity index (χ1n) is 7.12. The number of carbonyl (C=O) groups is 2. The van der Waals surface area contributed by atoms with Crippen LogP contribution in [0.3, 0.4) is 0 Å². The first-order chi connectivity index (χ1) is 10.3. The lowest BCUT2D eigenvalue weighted by Gasteiger charge is -2.20. The van der Waals surface area contributed by atoms with Gasteiger partial charge < -0.3 is 19.7 Å². The van der Waals surface area contributed by atoms with Crippen LogP contribution in [0, 0.1) is 11.8 Å². The smallest absolute Gasteiger partial charge is 0.310 e. The van der Waals surface area contributed by atoms with Crippen LogP contribution >= 0.6 is 0 Å². The lowest BCUT2D eigenvalue weighted by molar-refractivity contribution is -0.145. The number of hydrogen-bond acceptors (Lipinski definition) is 5. The molecule has 1 aromatic rings. The van der Waals surface area contributed by atoms with Gasteiger partial charge in [0.1, 0.15) is 11.7 Å². The van der Waals surface area contributed by atoms with Crippen molar-refractivity contribution in [3.63, 3.8) is 0 Å². The van der Waals surface area contributed by atoms with Crippen LogP contribution in [-0.4, -0.2) is 34.3 Å². The minimum atomic E-state index is -1.03. The van der Waals surface area contributed by atoms with E-state index in [1.807, 2.05) is 20.8 Å². The van der Waals surface area contributed by atoms with Gasteiger partial charge in [-0.2, -0.15) is 0 Å². The molecule has 1 fully saturated rings. The van der Waals surface area contributed by atoms with E-state index >= 15 is 0 Å². The summed E-state index contributed by atoms with van der Waals surface area (Å²) in [7, 11) is 0. The number of aliphatic carboxylic acids is 1. The number of carboxylic acids is 1. The van der Waals surface area contributed by atoms with Gasteiger partial charge in [-0.3, -0.25) is 9.59 Å². The van der Waals surface area contributed by atoms with E-state index in [1.165, 1.54) is 0 Å². The number of nitrogens with one attached hydrogen (secondary N) is 1. The molecule has 2 bridgehead atoms. The summed E-state index contributed by atoms with van der Waals surface area (Å²) in [6, 6.07) is 1.65. The largest absolute Gasteiger partial charge is 0.481 e. The average molecular weight is 306 g/mol. The Morgan fingerprint density at radius 1 is 1.23 bits per heavy atom. The summed E-state index contributed by atoms with van der Waals surface area (Å²) in [6.07, 6.45) is 2.39. The minimum Gasteiger partial charge on any atom is -0.481 e. The number of amides is 1. The topological polar surface area (TPSA) is 102 Å². The molecule has 7 nitrogen and oxygen atoms in total. The van der Waals surface area contributed by atoms with E-state index in [4.69, 9.17) is 9.26 Å². The van der Waals surface area contributed by atoms with Crippen molar-refractivity contribution in [1.29, 1.82) is 0 Å². The lowest BCUT2D eigenvalue weighted by Crippen LogP contribution is -2.39. The van der Waals surface area contributed by atoms with Crippen LogP contribution in [0.4, 0.5) is 5.82 Å². The van der Waals surface area contributed by atoms with E-state index in [1.54, 1.807) is 18.2 Å². The summed E-state index contributed by atoms with van der Waals surface area (Å²) < 4.78 is 10.7. The molecule has 0 radical (unpaired) electrons. The van der Waals surface area contributed by atoms with Crippen LogP contribution in [0.5, 0.6) is 0 Å². The highest BCUT2D eigenvalue weighted by atomic mass is 16.5. The Balaban J connectivity index is 1.76. The summed E-state index contributed by atoms with van der Waals surface area (Å²) in [4.78, 5) is 23.8. The average Bonchev–Trinajstić information content (AvgIpc) is 3.11. The van der Waals surface area contributed by atoms with Crippen LogP contribution in [0.25, 0.3) is 0 Å². The van der Waals surface area contributed by atoms with Crippen LogP contribution in [0.1, 0.15) is 26.5 Å². The Hall–Kier alpha value is -2.15. The zero-order chi connectivity index (χ0) is 16.1. The number of carboxylic acid groups (broad SMARTS) is 1. The van der Waals surface area contributed by atoms with Gasteiger partial charge in [-0.1, -0.05) is 38.1 Å². The summed E-state index contributed by atoms with van der Waals surface area (Å²) in [5.41, 5.74) is -0.224. The summed E-state index contributed by atoms with van der Waals surface area (Å²) >= 11 is 0. The van der Waals surface area contributed by atoms with Crippen molar-refractivity contribution in [2.45, 2.75) is 38.4 Å². The Kier molecular flexibility index (Phi) is 3.32. The van der Waals surface area contributed by atoms with Gasteiger partial charge in [-0.25, -0.2) is 0 Å². The number of ether oxygens (including phenoxy) is 1. The maximum atomic E-state index is 12.4. The molecule has 1 saturated heterocycles. The highest BCUT2D eigenvalue weighted by molar-refractivity contribution is 5.96. The van der Waals surface area contributed by atoms with Gasteiger partial charge in [0, 0.05) is 11.5 Å². The molecule has 22 heavy (non-hydrogen) atoms. The highest BCUT2D eigenvalue weighted by Gasteiger charge is 2.53. The third-order valence-corrected chi connectivity index (χ3v) is 3.99. The van der Waals surface area contributed by atoms with E-state index < -0.39 is 35.9 Å². The van der Waals surface area contributed by atoms with E-state index in [0.717, 1.165) is 0 Å². The molecule has 3 heterocycles. The SMILES string of the molecule is CC(C)(C)c1cc(NC(=O)[C@H]2[C@@H](C(=O)O)[C@@H]3C=C[C@H]2O3)no1. The number of fused-ring (bicyclic) bond motifs is 2. The number of rotatable bonds is 3. The van der Waals surface area contributed by atoms with E-state index in [0.29, 0.717) is 5.76 Å². The molecular formula is C15H18N2O5. The van der Waals surface area contributed by atoms with Crippen LogP contribution < -0.4 is 5.32 Å². The molecule has 3 rings (SSSR count). The molecule has 0 aromatic carbocycles. The highest BCUT2D eigenvalue weighted by Crippen LogP contribution is 2.40. The van der Waals surface area contributed by atoms with Gasteiger partial charge in [-0.05, 0) is 0 Å². The monoisotopic (exact) mass is 306 g/mol. The Morgan fingerprint density at radius 2 is 1.86 bits per heavy atom. The molecule has 0 unspecified atom stereocenters. The fraction of sp³-hybridized carbons (Fsp3) is 0.533. The minimum absolute atomic E-state index is 0.224. The maximum Gasteiger partial charge on any atom is 0.310 e. The van der Waals surface area contributed by atoms with Crippen LogP contribution in [0.2, 0.25) is 0 Å². The van der Waals surface area contributed by atoms with Crippen molar-refractivity contribution in [2.75, 3.05) is 5.32 Å². The van der Waals surface area contributed by atoms with Crippen molar-refractivity contribution in [3.05, 3.63) is 24.0 Å². The molecule has 2 aliphatic rings. The number of hydrogen-bond donors (Lipinski definition) is 2. The van der Waals surface area contributed by atoms with Gasteiger partial charge in [0.25, 0.3) is 0 Å². The fourth-order valence-electron chi connectivity index (χ4n) is 2.81. The van der Waals surface area contributed by atoms with Crippen molar-refractivity contribution in [3.8, 4) is 0 Å². The quantitative estimate of drug-likeness (QED) is 0.822. The normalized spacial score (nSPS) is 29.8. The molecule has 4 atom stereocenters. The molecule has 7 heteroatoms. The van der Waals surface area contributed by atoms with Crippen molar-refractivity contribution >= 4 is 17.7 Å². The molecule has 2 aliphatic heterocycles. The van der Waals surface area contributed by atoms with Crippen molar-refractivity contribution in [2.24, 2.45) is 11.8 Å². The van der Waals surface area contributed by atoms with E-state index in [-0.39, 0.29) is 11.2 Å². The second-order valence-corrected chi connectivity index (χ2v) is 6.66. The molecule has 0 saturated carbocycles. The Bertz CT molecular complexity index is 643. The Morgan fingerprint density at radius 3 is 2.41 bits per heavy atom. The van der Waals surface area contributed by atoms with Gasteiger partial charge in [-0.15, -0.1) is 0 Å². The molecule has 0 aliphatic carbocycles. The number of carbonyl (C=O) groups excluding carboxylic acids is 1. The van der Waals surface area contributed by atoms with Gasteiger partial charge in [0.05, 0.1) is 18.1 Å². The summed E-state index contributed by atoms with van der Waals surface area (Å²) in [5, 5.41) is 15.7. The fourth-order valence-corrected chi connectivity index (χ4v) is 2.81. The number of anilines is 1. The Labute approximate surface area is 127 Å². The van der Waals surface area contributed by atoms with Gasteiger partial charge in [0.2, 0.25) is 5.91 Å². The van der Waals surface area contributed by atoms with E-state index in [2.05, 4.69) is 10.5 Å². The predicted molar refractivity (Wildman–Crippen MR) is 76.2 cm³/mol. The van der Waals surface area contributed by atoms with Crippen molar-refractivity contribution < 1.29 is 24.0 Å². The molecule has 2 N–H and O–H groups in total. The zero-order valence-corrected chi connectivity index (χ0v) is 12.6. The first kappa shape index (κ1) is 14.8. The molecule has 118 valence electrons. The lowest BCUT2D eigenvalue weighted by atomic mass is 9.82. The zero-order valence-electron chi connectivity index (χ0n) is 12.6. The second kappa shape index (κ2) is 4.95. The molecule has 0 spiro atoms. The van der Waals surface area contributed by atoms with Crippen LogP contribution in [-0.2, 0) is 19.7 Å². The number of nitrogens with zero attached hydrogens (tertiary/aromatic N) is 1. The van der Waals surface area contributed by atoms with Crippen molar-refractivity contribution in [1.82, 2.24) is 5.16 Å². The first-order valence-corrected chi connectivity index (χ1v) is 7.12. The van der Waals surface area contributed by atoms with Gasteiger partial charge >= 0.3 is 5.97 Å². The van der Waals surface area contributed by atoms with E-state index in [9.17, 15) is 14.7 Å². The maximum absolute atomic E-state index is 12.4. The summed E-state index contributed by atoms with van der Waals surface area (Å²) in [6.45, 7) is 5.90. The second-order valence-electron chi connectivity index (χ2n) is 6.66. The third kappa shape index (κ3) is 2.41.